The molecule has 138 valence electrons. The second-order valence-electron chi connectivity index (χ2n) is 5.74. The van der Waals surface area contributed by atoms with Crippen LogP contribution < -0.4 is 20.7 Å². The van der Waals surface area contributed by atoms with Crippen molar-refractivity contribution in [2.45, 2.75) is 20.4 Å². The third-order valence-electron chi connectivity index (χ3n) is 3.67. The van der Waals surface area contributed by atoms with Gasteiger partial charge in [0.25, 0.3) is 0 Å². The van der Waals surface area contributed by atoms with Gasteiger partial charge in [-0.1, -0.05) is 30.3 Å². The van der Waals surface area contributed by atoms with E-state index in [1.807, 2.05) is 62.4 Å². The summed E-state index contributed by atoms with van der Waals surface area (Å²) in [5.41, 5.74) is 2.95. The number of hydrogen-bond acceptors (Lipinski definition) is 3. The Labute approximate surface area is 154 Å². The summed E-state index contributed by atoms with van der Waals surface area (Å²) in [4.78, 5) is 16.2. The molecule has 0 saturated heterocycles. The van der Waals surface area contributed by atoms with Crippen molar-refractivity contribution >= 4 is 17.6 Å². The zero-order valence-electron chi connectivity index (χ0n) is 15.5. The molecule has 6 nitrogen and oxygen atoms in total. The molecule has 2 aromatic carbocycles. The summed E-state index contributed by atoms with van der Waals surface area (Å²) in [6.45, 7) is 5.29. The molecule has 0 saturated carbocycles. The second-order valence-corrected chi connectivity index (χ2v) is 5.74. The summed E-state index contributed by atoms with van der Waals surface area (Å²) in [6, 6.07) is 15.4. The largest absolute Gasteiger partial charge is 0.494 e. The molecule has 0 radical (unpaired) electrons. The number of hydrogen-bond donors (Lipinski definition) is 3. The Bertz CT molecular complexity index is 745. The fourth-order valence-electron chi connectivity index (χ4n) is 2.39. The lowest BCUT2D eigenvalue weighted by molar-refractivity contribution is -0.115. The SMILES string of the molecule is CCOc1cc(C)ccc1CNC(=NC)NCC(=O)Nc1ccccc1. The van der Waals surface area contributed by atoms with Crippen LogP contribution in [0.25, 0.3) is 0 Å². The number of rotatable bonds is 7. The van der Waals surface area contributed by atoms with Crippen molar-refractivity contribution in [1.29, 1.82) is 0 Å². The molecule has 0 bridgehead atoms. The van der Waals surface area contributed by atoms with E-state index < -0.39 is 0 Å². The maximum atomic E-state index is 12.0. The Morgan fingerprint density at radius 2 is 1.88 bits per heavy atom. The third-order valence-corrected chi connectivity index (χ3v) is 3.67. The molecule has 0 unspecified atom stereocenters. The lowest BCUT2D eigenvalue weighted by Crippen LogP contribution is -2.41. The number of para-hydroxylation sites is 1. The van der Waals surface area contributed by atoms with E-state index in [0.29, 0.717) is 19.1 Å². The van der Waals surface area contributed by atoms with Crippen LogP contribution in [-0.2, 0) is 11.3 Å². The lowest BCUT2D eigenvalue weighted by Gasteiger charge is -2.15. The normalized spacial score (nSPS) is 11.0. The van der Waals surface area contributed by atoms with Crippen LogP contribution in [0.1, 0.15) is 18.1 Å². The monoisotopic (exact) mass is 354 g/mol. The number of guanidine groups is 1. The number of nitrogens with zero attached hydrogens (tertiary/aromatic N) is 1. The van der Waals surface area contributed by atoms with Crippen molar-refractivity contribution < 1.29 is 9.53 Å². The first-order chi connectivity index (χ1) is 12.6. The average Bonchev–Trinajstić information content (AvgIpc) is 2.64. The Morgan fingerprint density at radius 3 is 2.58 bits per heavy atom. The average molecular weight is 354 g/mol. The van der Waals surface area contributed by atoms with Crippen LogP contribution in [0.3, 0.4) is 0 Å². The molecule has 2 rings (SSSR count). The molecule has 3 N–H and O–H groups in total. The van der Waals surface area contributed by atoms with E-state index in [-0.39, 0.29) is 12.5 Å². The van der Waals surface area contributed by atoms with Crippen LogP contribution in [0.4, 0.5) is 5.69 Å². The molecule has 26 heavy (non-hydrogen) atoms. The Morgan fingerprint density at radius 1 is 1.12 bits per heavy atom. The van der Waals surface area contributed by atoms with Gasteiger partial charge in [-0.05, 0) is 37.6 Å². The fraction of sp³-hybridized carbons (Fsp3) is 0.300. The maximum absolute atomic E-state index is 12.0. The van der Waals surface area contributed by atoms with Crippen LogP contribution in [0.5, 0.6) is 5.75 Å². The van der Waals surface area contributed by atoms with E-state index in [1.54, 1.807) is 7.05 Å². The number of anilines is 1. The number of carbonyl (C=O) groups excluding carboxylic acids is 1. The van der Waals surface area contributed by atoms with Gasteiger partial charge in [-0.2, -0.15) is 0 Å². The predicted octanol–water partition coefficient (Wildman–Crippen LogP) is 2.70. The molecule has 0 aromatic heterocycles. The number of benzene rings is 2. The highest BCUT2D eigenvalue weighted by atomic mass is 16.5. The quantitative estimate of drug-likeness (QED) is 0.528. The van der Waals surface area contributed by atoms with Crippen molar-refractivity contribution in [3.05, 3.63) is 59.7 Å². The molecule has 2 aromatic rings. The predicted molar refractivity (Wildman–Crippen MR) is 106 cm³/mol. The van der Waals surface area contributed by atoms with E-state index in [2.05, 4.69) is 20.9 Å². The van der Waals surface area contributed by atoms with Gasteiger partial charge < -0.3 is 20.7 Å². The Hall–Kier alpha value is -3.02. The summed E-state index contributed by atoms with van der Waals surface area (Å²) >= 11 is 0. The molecular weight excluding hydrogens is 328 g/mol. The van der Waals surface area contributed by atoms with E-state index in [9.17, 15) is 4.79 Å². The zero-order valence-corrected chi connectivity index (χ0v) is 15.5. The van der Waals surface area contributed by atoms with Crippen molar-refractivity contribution in [3.63, 3.8) is 0 Å². The summed E-state index contributed by atoms with van der Waals surface area (Å²) in [5, 5.41) is 9.03. The first-order valence-corrected chi connectivity index (χ1v) is 8.64. The van der Waals surface area contributed by atoms with Crippen molar-refractivity contribution in [3.8, 4) is 5.75 Å². The number of aliphatic imine (C=N–C) groups is 1. The van der Waals surface area contributed by atoms with Crippen LogP contribution in [0.2, 0.25) is 0 Å². The minimum Gasteiger partial charge on any atom is -0.494 e. The first-order valence-electron chi connectivity index (χ1n) is 8.64. The lowest BCUT2D eigenvalue weighted by atomic mass is 10.1. The topological polar surface area (TPSA) is 74.8 Å². The maximum Gasteiger partial charge on any atom is 0.243 e. The molecule has 1 amide bonds. The van der Waals surface area contributed by atoms with Gasteiger partial charge in [0.2, 0.25) is 5.91 Å². The van der Waals surface area contributed by atoms with Crippen molar-refractivity contribution in [1.82, 2.24) is 10.6 Å². The van der Waals surface area contributed by atoms with E-state index in [4.69, 9.17) is 4.74 Å². The van der Waals surface area contributed by atoms with Crippen LogP contribution in [0.15, 0.2) is 53.5 Å². The highest BCUT2D eigenvalue weighted by molar-refractivity contribution is 5.94. The van der Waals surface area contributed by atoms with Crippen molar-refractivity contribution in [2.75, 3.05) is 25.5 Å². The molecule has 0 aliphatic heterocycles. The second kappa shape index (κ2) is 10.1. The molecule has 0 heterocycles. The van der Waals surface area contributed by atoms with Gasteiger partial charge in [-0.15, -0.1) is 0 Å². The summed E-state index contributed by atoms with van der Waals surface area (Å²) < 4.78 is 5.68. The number of nitrogens with one attached hydrogen (secondary N) is 3. The number of carbonyl (C=O) groups is 1. The summed E-state index contributed by atoms with van der Waals surface area (Å²) in [5.74, 6) is 1.28. The minimum absolute atomic E-state index is 0.126. The molecule has 0 spiro atoms. The molecule has 0 aliphatic carbocycles. The Balaban J connectivity index is 1.85. The molecular formula is C20H26N4O2. The van der Waals surface area contributed by atoms with Gasteiger partial charge in [0.15, 0.2) is 5.96 Å². The highest BCUT2D eigenvalue weighted by Gasteiger charge is 2.07. The number of ether oxygens (including phenoxy) is 1. The standard InChI is InChI=1S/C20H26N4O2/c1-4-26-18-12-15(2)10-11-16(18)13-22-20(21-3)23-14-19(25)24-17-8-6-5-7-9-17/h5-12H,4,13-14H2,1-3H3,(H,24,25)(H2,21,22,23). The van der Waals surface area contributed by atoms with Gasteiger partial charge in [0.1, 0.15) is 5.75 Å². The molecule has 0 atom stereocenters. The number of aryl methyl sites for hydroxylation is 1. The summed E-state index contributed by atoms with van der Waals surface area (Å²) in [7, 11) is 1.67. The van der Waals surface area contributed by atoms with Crippen LogP contribution in [-0.4, -0.2) is 32.1 Å². The van der Waals surface area contributed by atoms with Gasteiger partial charge in [-0.25, -0.2) is 0 Å². The molecule has 0 aliphatic rings. The first kappa shape index (κ1) is 19.3. The van der Waals surface area contributed by atoms with E-state index in [1.165, 1.54) is 0 Å². The third kappa shape index (κ3) is 6.12. The van der Waals surface area contributed by atoms with E-state index >= 15 is 0 Å². The fourth-order valence-corrected chi connectivity index (χ4v) is 2.39. The molecule has 0 fully saturated rings. The highest BCUT2D eigenvalue weighted by Crippen LogP contribution is 2.20. The number of amides is 1. The minimum atomic E-state index is -0.135. The Kier molecular flexibility index (Phi) is 7.49. The van der Waals surface area contributed by atoms with Gasteiger partial charge >= 0.3 is 0 Å². The van der Waals surface area contributed by atoms with Gasteiger partial charge in [0.05, 0.1) is 13.2 Å². The van der Waals surface area contributed by atoms with Gasteiger partial charge in [0, 0.05) is 24.8 Å². The summed E-state index contributed by atoms with van der Waals surface area (Å²) in [6.07, 6.45) is 0. The molecule has 6 heteroatoms. The van der Waals surface area contributed by atoms with E-state index in [0.717, 1.165) is 22.6 Å². The zero-order chi connectivity index (χ0) is 18.8. The van der Waals surface area contributed by atoms with Crippen LogP contribution in [0, 0.1) is 6.92 Å². The van der Waals surface area contributed by atoms with Crippen molar-refractivity contribution in [2.24, 2.45) is 4.99 Å². The van der Waals surface area contributed by atoms with Gasteiger partial charge in [-0.3, -0.25) is 9.79 Å². The van der Waals surface area contributed by atoms with Crippen LogP contribution >= 0.6 is 0 Å². The smallest absolute Gasteiger partial charge is 0.243 e.